The maximum Gasteiger partial charge on any atom is 0.0132 e. The minimum Gasteiger partial charge on any atom is -0.317 e. The van der Waals surface area contributed by atoms with Crippen molar-refractivity contribution in [3.05, 3.63) is 0 Å². The van der Waals surface area contributed by atoms with Gasteiger partial charge >= 0.3 is 0 Å². The molecule has 2 N–H and O–H groups in total. The molecule has 0 spiro atoms. The number of nitrogens with one attached hydrogen (secondary N) is 2. The van der Waals surface area contributed by atoms with Crippen LogP contribution in [0.4, 0.5) is 0 Å². The Bertz CT molecular complexity index is 242. The second-order valence-corrected chi connectivity index (χ2v) is 7.89. The van der Waals surface area contributed by atoms with Crippen LogP contribution in [0.2, 0.25) is 0 Å². The van der Waals surface area contributed by atoms with E-state index in [1.165, 1.54) is 38.6 Å². The fraction of sp³-hybridized carbons (Fsp3) is 1.00. The molecule has 0 aromatic heterocycles. The van der Waals surface area contributed by atoms with Crippen LogP contribution < -0.4 is 10.6 Å². The third-order valence-electron chi connectivity index (χ3n) is 4.54. The van der Waals surface area contributed by atoms with Gasteiger partial charge in [-0.25, -0.2) is 0 Å². The van der Waals surface area contributed by atoms with E-state index in [0.717, 1.165) is 18.4 Å². The summed E-state index contributed by atoms with van der Waals surface area (Å²) >= 11 is 0. The third kappa shape index (κ3) is 6.27. The van der Waals surface area contributed by atoms with Gasteiger partial charge in [0.05, 0.1) is 0 Å². The molecule has 1 unspecified atom stereocenters. The third-order valence-corrected chi connectivity index (χ3v) is 4.54. The van der Waals surface area contributed by atoms with Gasteiger partial charge in [0, 0.05) is 11.1 Å². The van der Waals surface area contributed by atoms with Gasteiger partial charge in [-0.15, -0.1) is 0 Å². The van der Waals surface area contributed by atoms with Gasteiger partial charge in [0.1, 0.15) is 0 Å². The zero-order chi connectivity index (χ0) is 14.5. The van der Waals surface area contributed by atoms with Crippen LogP contribution in [-0.4, -0.2) is 24.2 Å². The van der Waals surface area contributed by atoms with Crippen molar-refractivity contribution in [2.24, 2.45) is 11.8 Å². The smallest absolute Gasteiger partial charge is 0.0132 e. The first-order valence-electron chi connectivity index (χ1n) is 8.26. The van der Waals surface area contributed by atoms with Crippen LogP contribution in [0.15, 0.2) is 0 Å². The summed E-state index contributed by atoms with van der Waals surface area (Å²) < 4.78 is 0. The van der Waals surface area contributed by atoms with Crippen LogP contribution in [0, 0.1) is 11.8 Å². The predicted octanol–water partition coefficient (Wildman–Crippen LogP) is 3.96. The highest BCUT2D eigenvalue weighted by atomic mass is 15.0. The number of hydrogen-bond donors (Lipinski definition) is 2. The molecule has 2 nitrogen and oxygen atoms in total. The summed E-state index contributed by atoms with van der Waals surface area (Å²) in [4.78, 5) is 0. The Morgan fingerprint density at radius 1 is 1.11 bits per heavy atom. The predicted molar refractivity (Wildman–Crippen MR) is 85.6 cm³/mol. The molecule has 1 aliphatic rings. The molecule has 1 rings (SSSR count). The first-order valence-corrected chi connectivity index (χ1v) is 8.26. The Morgan fingerprint density at radius 2 is 1.68 bits per heavy atom. The standard InChI is InChI=1S/C17H36N2/c1-7-18-11-9-8-10-14(2)15-12-16(3,4)19-17(5,6)13-15/h14-15,18-19H,7-13H2,1-6H3. The zero-order valence-electron chi connectivity index (χ0n) is 14.1. The molecule has 0 saturated carbocycles. The van der Waals surface area contributed by atoms with Crippen LogP contribution in [0.25, 0.3) is 0 Å². The van der Waals surface area contributed by atoms with E-state index in [2.05, 4.69) is 52.2 Å². The first-order chi connectivity index (χ1) is 8.76. The second kappa shape index (κ2) is 7.08. The maximum absolute atomic E-state index is 3.79. The Balaban J connectivity index is 2.36. The molecule has 0 amide bonds. The van der Waals surface area contributed by atoms with Gasteiger partial charge in [-0.05, 0) is 71.9 Å². The van der Waals surface area contributed by atoms with E-state index < -0.39 is 0 Å². The average molecular weight is 268 g/mol. The number of piperidine rings is 1. The summed E-state index contributed by atoms with van der Waals surface area (Å²) in [5.41, 5.74) is 0.592. The lowest BCUT2D eigenvalue weighted by Crippen LogP contribution is -2.58. The minimum absolute atomic E-state index is 0.296. The van der Waals surface area contributed by atoms with E-state index in [1.807, 2.05) is 0 Å². The lowest BCUT2D eigenvalue weighted by Gasteiger charge is -2.48. The second-order valence-electron chi connectivity index (χ2n) is 7.89. The Labute approximate surface area is 121 Å². The van der Waals surface area contributed by atoms with E-state index in [1.54, 1.807) is 0 Å². The van der Waals surface area contributed by atoms with Crippen LogP contribution in [0.3, 0.4) is 0 Å². The van der Waals surface area contributed by atoms with Crippen molar-refractivity contribution in [3.63, 3.8) is 0 Å². The van der Waals surface area contributed by atoms with Gasteiger partial charge in [-0.3, -0.25) is 0 Å². The van der Waals surface area contributed by atoms with Crippen LogP contribution >= 0.6 is 0 Å². The Kier molecular flexibility index (Phi) is 6.32. The van der Waals surface area contributed by atoms with Gasteiger partial charge in [0.25, 0.3) is 0 Å². The summed E-state index contributed by atoms with van der Waals surface area (Å²) in [5.74, 6) is 1.74. The van der Waals surface area contributed by atoms with Crippen molar-refractivity contribution < 1.29 is 0 Å². The molecule has 0 radical (unpaired) electrons. The Hall–Kier alpha value is -0.0800. The van der Waals surface area contributed by atoms with Crippen molar-refractivity contribution in [2.75, 3.05) is 13.1 Å². The largest absolute Gasteiger partial charge is 0.317 e. The van der Waals surface area contributed by atoms with Gasteiger partial charge in [0.2, 0.25) is 0 Å². The fourth-order valence-corrected chi connectivity index (χ4v) is 3.93. The summed E-state index contributed by atoms with van der Waals surface area (Å²) in [7, 11) is 0. The van der Waals surface area contributed by atoms with Crippen molar-refractivity contribution >= 4 is 0 Å². The minimum atomic E-state index is 0.296. The number of hydrogen-bond acceptors (Lipinski definition) is 2. The molecule has 0 bridgehead atoms. The van der Waals surface area contributed by atoms with E-state index in [0.29, 0.717) is 11.1 Å². The highest BCUT2D eigenvalue weighted by Crippen LogP contribution is 2.38. The van der Waals surface area contributed by atoms with Gasteiger partial charge in [-0.1, -0.05) is 26.7 Å². The number of rotatable bonds is 7. The molecular weight excluding hydrogens is 232 g/mol. The van der Waals surface area contributed by atoms with Crippen molar-refractivity contribution in [1.29, 1.82) is 0 Å². The summed E-state index contributed by atoms with van der Waals surface area (Å²) in [6, 6.07) is 0. The van der Waals surface area contributed by atoms with Gasteiger partial charge < -0.3 is 10.6 Å². The molecule has 19 heavy (non-hydrogen) atoms. The van der Waals surface area contributed by atoms with Crippen molar-refractivity contribution in [2.45, 2.75) is 84.7 Å². The topological polar surface area (TPSA) is 24.1 Å². The molecule has 0 aromatic carbocycles. The molecule has 0 aliphatic carbocycles. The van der Waals surface area contributed by atoms with Crippen molar-refractivity contribution in [1.82, 2.24) is 10.6 Å². The highest BCUT2D eigenvalue weighted by molar-refractivity contribution is 4.97. The summed E-state index contributed by atoms with van der Waals surface area (Å²) in [5, 5.41) is 7.21. The molecule has 0 aromatic rings. The van der Waals surface area contributed by atoms with Crippen LogP contribution in [-0.2, 0) is 0 Å². The zero-order valence-corrected chi connectivity index (χ0v) is 14.1. The fourth-order valence-electron chi connectivity index (χ4n) is 3.93. The van der Waals surface area contributed by atoms with Gasteiger partial charge in [-0.2, -0.15) is 0 Å². The Morgan fingerprint density at radius 3 is 2.21 bits per heavy atom. The molecular formula is C17H36N2. The summed E-state index contributed by atoms with van der Waals surface area (Å²) in [6.07, 6.45) is 6.74. The quantitative estimate of drug-likeness (QED) is 0.683. The van der Waals surface area contributed by atoms with E-state index >= 15 is 0 Å². The van der Waals surface area contributed by atoms with Crippen LogP contribution in [0.1, 0.15) is 73.6 Å². The molecule has 1 heterocycles. The van der Waals surface area contributed by atoms with Crippen molar-refractivity contribution in [3.8, 4) is 0 Å². The SMILES string of the molecule is CCNCCCCC(C)C1CC(C)(C)NC(C)(C)C1. The van der Waals surface area contributed by atoms with Gasteiger partial charge in [0.15, 0.2) is 0 Å². The van der Waals surface area contributed by atoms with E-state index in [9.17, 15) is 0 Å². The van der Waals surface area contributed by atoms with E-state index in [-0.39, 0.29) is 0 Å². The maximum atomic E-state index is 3.79. The molecule has 1 aliphatic heterocycles. The average Bonchev–Trinajstić information content (AvgIpc) is 2.24. The molecule has 1 fully saturated rings. The molecule has 114 valence electrons. The first kappa shape index (κ1) is 17.0. The lowest BCUT2D eigenvalue weighted by molar-refractivity contribution is 0.0939. The van der Waals surface area contributed by atoms with E-state index in [4.69, 9.17) is 0 Å². The van der Waals surface area contributed by atoms with Crippen LogP contribution in [0.5, 0.6) is 0 Å². The highest BCUT2D eigenvalue weighted by Gasteiger charge is 2.39. The molecule has 1 saturated heterocycles. The molecule has 2 heteroatoms. The monoisotopic (exact) mass is 268 g/mol. The lowest BCUT2D eigenvalue weighted by atomic mass is 9.70. The summed E-state index contributed by atoms with van der Waals surface area (Å²) in [6.45, 7) is 16.4. The number of unbranched alkanes of at least 4 members (excludes halogenated alkanes) is 1. The normalized spacial score (nSPS) is 24.3. The molecule has 1 atom stereocenters.